The number of rotatable bonds is 6. The van der Waals surface area contributed by atoms with Crippen molar-refractivity contribution in [3.8, 4) is 11.5 Å². The van der Waals surface area contributed by atoms with E-state index in [9.17, 15) is 4.79 Å². The molecule has 3 aliphatic heterocycles. The van der Waals surface area contributed by atoms with E-state index >= 15 is 0 Å². The minimum atomic E-state index is -0.243. The smallest absolute Gasteiger partial charge is 0.272 e. The average molecular weight is 528 g/mol. The fourth-order valence-electron chi connectivity index (χ4n) is 5.39. The summed E-state index contributed by atoms with van der Waals surface area (Å²) in [6.45, 7) is 2.90. The van der Waals surface area contributed by atoms with Crippen molar-refractivity contribution in [2.45, 2.75) is 0 Å². The molecule has 0 bridgehead atoms. The van der Waals surface area contributed by atoms with Crippen LogP contribution in [0.4, 0.5) is 5.69 Å². The van der Waals surface area contributed by atoms with Crippen molar-refractivity contribution in [2.75, 3.05) is 52.9 Å². The molecular weight excluding hydrogens is 496 g/mol. The van der Waals surface area contributed by atoms with Gasteiger partial charge in [0.25, 0.3) is 5.91 Å². The van der Waals surface area contributed by atoms with Gasteiger partial charge in [-0.25, -0.2) is 4.48 Å². The van der Waals surface area contributed by atoms with Crippen LogP contribution in [-0.4, -0.2) is 79.5 Å². The maximum Gasteiger partial charge on any atom is 0.272 e. The summed E-state index contributed by atoms with van der Waals surface area (Å²) in [6.07, 6.45) is 5.70. The highest BCUT2D eigenvalue weighted by molar-refractivity contribution is 6.08. The number of benzene rings is 2. The maximum atomic E-state index is 13.4. The number of fused-ring (bicyclic) bond motifs is 2. The fraction of sp³-hybridized carbons (Fsp3) is 0.276. The maximum absolute atomic E-state index is 13.4. The highest BCUT2D eigenvalue weighted by Gasteiger charge is 2.44. The summed E-state index contributed by atoms with van der Waals surface area (Å²) in [4.78, 5) is 25.1. The number of carbonyl (C=O) groups is 1. The molecule has 0 spiro atoms. The molecular formula is C29H31N6O4+. The van der Waals surface area contributed by atoms with Crippen LogP contribution in [0.15, 0.2) is 76.4 Å². The van der Waals surface area contributed by atoms with Crippen LogP contribution in [0.2, 0.25) is 0 Å². The highest BCUT2D eigenvalue weighted by atomic mass is 16.5. The number of nitrogens with zero attached hydrogens (tertiary/aromatic N) is 5. The summed E-state index contributed by atoms with van der Waals surface area (Å²) in [6, 6.07) is 13.3. The molecule has 0 aliphatic carbocycles. The third kappa shape index (κ3) is 4.08. The number of aliphatic imine (C=N–C) groups is 2. The van der Waals surface area contributed by atoms with E-state index in [4.69, 9.17) is 19.2 Å². The van der Waals surface area contributed by atoms with Crippen LogP contribution in [-0.2, 0) is 11.8 Å². The normalized spacial score (nSPS) is 20.3. The zero-order valence-electron chi connectivity index (χ0n) is 22.5. The van der Waals surface area contributed by atoms with Gasteiger partial charge < -0.3 is 29.0 Å². The largest absolute Gasteiger partial charge is 0.496 e. The summed E-state index contributed by atoms with van der Waals surface area (Å²) >= 11 is 0. The van der Waals surface area contributed by atoms with Crippen molar-refractivity contribution in [2.24, 2.45) is 17.0 Å². The Balaban J connectivity index is 1.32. The average Bonchev–Trinajstić information content (AvgIpc) is 3.48. The number of quaternary nitrogens is 1. The number of morpholine rings is 1. The topological polar surface area (TPSA) is 89.7 Å². The molecule has 10 nitrogen and oxygen atoms in total. The first-order valence-corrected chi connectivity index (χ1v) is 12.8. The minimum Gasteiger partial charge on any atom is -0.496 e. The molecule has 200 valence electrons. The zero-order chi connectivity index (χ0) is 27.1. The molecule has 1 fully saturated rings. The van der Waals surface area contributed by atoms with E-state index in [-0.39, 0.29) is 5.91 Å². The minimum absolute atomic E-state index is 0.243. The van der Waals surface area contributed by atoms with E-state index in [0.29, 0.717) is 34.8 Å². The van der Waals surface area contributed by atoms with Crippen molar-refractivity contribution >= 4 is 34.5 Å². The van der Waals surface area contributed by atoms with Gasteiger partial charge in [0.15, 0.2) is 5.82 Å². The van der Waals surface area contributed by atoms with Gasteiger partial charge in [-0.15, -0.1) is 0 Å². The molecule has 4 heterocycles. The van der Waals surface area contributed by atoms with Gasteiger partial charge in [0.1, 0.15) is 23.4 Å². The Kier molecular flexibility index (Phi) is 6.20. The standard InChI is InChI=1S/C29H30N6O4/c1-33-22-6-5-7-25(37-3)20(22)17-23(33)29(36)31-21-9-8-19(16-26(21)38-4)28-32-27(34-11-14-39-15-12-34)24-18-30-10-13-35(24,28)2/h5-10,13,16-18H,11-12,14-15H2,1-4H3/p+1. The molecule has 1 unspecified atom stereocenters. The lowest BCUT2D eigenvalue weighted by molar-refractivity contribution is -0.713. The Morgan fingerprint density at radius 3 is 2.64 bits per heavy atom. The van der Waals surface area contributed by atoms with Crippen LogP contribution in [0, 0.1) is 0 Å². The number of ether oxygens (including phenoxy) is 3. The number of nitrogens with one attached hydrogen (secondary N) is 1. The lowest BCUT2D eigenvalue weighted by Gasteiger charge is -2.30. The van der Waals surface area contributed by atoms with Gasteiger partial charge in [-0.2, -0.15) is 4.99 Å². The van der Waals surface area contributed by atoms with Crippen molar-refractivity contribution in [1.82, 2.24) is 9.47 Å². The second-order valence-corrected chi connectivity index (χ2v) is 9.75. The van der Waals surface area contributed by atoms with Crippen molar-refractivity contribution in [3.05, 3.63) is 77.6 Å². The number of carbonyl (C=O) groups excluding carboxylic acids is 1. The van der Waals surface area contributed by atoms with Gasteiger partial charge in [0.2, 0.25) is 11.5 Å². The second-order valence-electron chi connectivity index (χ2n) is 9.75. The van der Waals surface area contributed by atoms with Crippen molar-refractivity contribution < 1.29 is 23.5 Å². The number of aromatic nitrogens is 1. The number of anilines is 1. The van der Waals surface area contributed by atoms with Crippen molar-refractivity contribution in [3.63, 3.8) is 0 Å². The number of aryl methyl sites for hydroxylation is 1. The second kappa shape index (κ2) is 9.72. The molecule has 2 aromatic carbocycles. The third-order valence-corrected chi connectivity index (χ3v) is 7.55. The van der Waals surface area contributed by atoms with Gasteiger partial charge in [-0.3, -0.25) is 9.79 Å². The molecule has 10 heteroatoms. The molecule has 3 aromatic rings. The first kappa shape index (κ1) is 24.9. The van der Waals surface area contributed by atoms with Gasteiger partial charge in [-0.1, -0.05) is 6.07 Å². The van der Waals surface area contributed by atoms with Gasteiger partial charge >= 0.3 is 0 Å². The Labute approximate surface area is 226 Å². The lowest BCUT2D eigenvalue weighted by atomic mass is 10.1. The van der Waals surface area contributed by atoms with Crippen LogP contribution in [0.3, 0.4) is 0 Å². The number of hydrogen-bond donors (Lipinski definition) is 1. The summed E-state index contributed by atoms with van der Waals surface area (Å²) in [5.41, 5.74) is 3.90. The monoisotopic (exact) mass is 527 g/mol. The number of hydrogen-bond acceptors (Lipinski definition) is 7. The molecule has 1 saturated heterocycles. The van der Waals surface area contributed by atoms with E-state index in [1.165, 1.54) is 0 Å². The first-order valence-electron chi connectivity index (χ1n) is 12.8. The fourth-order valence-corrected chi connectivity index (χ4v) is 5.39. The predicted molar refractivity (Wildman–Crippen MR) is 150 cm³/mol. The lowest BCUT2D eigenvalue weighted by Crippen LogP contribution is -2.43. The number of amides is 1. The summed E-state index contributed by atoms with van der Waals surface area (Å²) < 4.78 is 19.0. The van der Waals surface area contributed by atoms with E-state index in [1.807, 2.05) is 66.5 Å². The molecule has 3 aliphatic rings. The highest BCUT2D eigenvalue weighted by Crippen LogP contribution is 2.37. The number of methoxy groups -OCH3 is 2. The van der Waals surface area contributed by atoms with E-state index < -0.39 is 0 Å². The quantitative estimate of drug-likeness (QED) is 0.494. The predicted octanol–water partition coefficient (Wildman–Crippen LogP) is 3.71. The van der Waals surface area contributed by atoms with E-state index in [0.717, 1.165) is 52.7 Å². The van der Waals surface area contributed by atoms with Crippen LogP contribution < -0.4 is 14.8 Å². The molecule has 1 amide bonds. The third-order valence-electron chi connectivity index (χ3n) is 7.55. The van der Waals surface area contributed by atoms with E-state index in [2.05, 4.69) is 22.3 Å². The summed E-state index contributed by atoms with van der Waals surface area (Å²) in [7, 11) is 7.19. The zero-order valence-corrected chi connectivity index (χ0v) is 22.5. The van der Waals surface area contributed by atoms with Gasteiger partial charge in [-0.05, 0) is 36.4 Å². The Hall–Kier alpha value is -4.41. The molecule has 1 aromatic heterocycles. The number of allylic oxidation sites excluding steroid dienone is 1. The molecule has 0 radical (unpaired) electrons. The Bertz CT molecular complexity index is 1590. The summed E-state index contributed by atoms with van der Waals surface area (Å²) in [5, 5.41) is 3.90. The van der Waals surface area contributed by atoms with Crippen LogP contribution >= 0.6 is 0 Å². The SMILES string of the molecule is COc1cc(C2=NC(N3CCOCC3)=C3C=NC=C[N+]23C)ccc1NC(=O)c1cc2c(OC)cccc2n1C. The molecule has 1 atom stereocenters. The summed E-state index contributed by atoms with van der Waals surface area (Å²) in [5.74, 6) is 2.78. The first-order chi connectivity index (χ1) is 18.9. The van der Waals surface area contributed by atoms with E-state index in [1.54, 1.807) is 20.4 Å². The Morgan fingerprint density at radius 1 is 1.08 bits per heavy atom. The van der Waals surface area contributed by atoms with Gasteiger partial charge in [0.05, 0.1) is 63.7 Å². The van der Waals surface area contributed by atoms with Crippen molar-refractivity contribution in [1.29, 1.82) is 0 Å². The Morgan fingerprint density at radius 2 is 1.87 bits per heavy atom. The van der Waals surface area contributed by atoms with Gasteiger partial charge in [0, 0.05) is 25.5 Å². The molecule has 6 rings (SSSR count). The van der Waals surface area contributed by atoms with Crippen LogP contribution in [0.5, 0.6) is 11.5 Å². The number of amidine groups is 1. The van der Waals surface area contributed by atoms with Crippen LogP contribution in [0.1, 0.15) is 16.1 Å². The molecule has 0 saturated carbocycles. The molecule has 1 N–H and O–H groups in total. The molecule has 39 heavy (non-hydrogen) atoms. The van der Waals surface area contributed by atoms with Crippen LogP contribution in [0.25, 0.3) is 10.9 Å².